The zero-order valence-corrected chi connectivity index (χ0v) is 20.2. The highest BCUT2D eigenvalue weighted by Crippen LogP contribution is 2.35. The Morgan fingerprint density at radius 2 is 1.72 bits per heavy atom. The van der Waals surface area contributed by atoms with Crippen LogP contribution in [0.1, 0.15) is 33.5 Å². The van der Waals surface area contributed by atoms with Gasteiger partial charge in [-0.3, -0.25) is 19.7 Å². The Bertz CT molecular complexity index is 1320. The number of nitro benzene ring substituents is 1. The van der Waals surface area contributed by atoms with Gasteiger partial charge in [-0.15, -0.1) is 0 Å². The minimum Gasteiger partial charge on any atom is -0.502 e. The zero-order chi connectivity index (χ0) is 26.4. The summed E-state index contributed by atoms with van der Waals surface area (Å²) >= 11 is 0. The molecule has 0 spiro atoms. The Morgan fingerprint density at radius 1 is 1.08 bits per heavy atom. The molecule has 1 heterocycles. The summed E-state index contributed by atoms with van der Waals surface area (Å²) in [4.78, 5) is 36.7. The van der Waals surface area contributed by atoms with E-state index in [1.165, 1.54) is 40.4 Å². The normalized spacial score (nSPS) is 11.6. The first-order valence-corrected chi connectivity index (χ1v) is 10.8. The molecule has 0 amide bonds. The smallest absolute Gasteiger partial charge is 0.276 e. The van der Waals surface area contributed by atoms with Gasteiger partial charge in [0, 0.05) is 23.7 Å². The van der Waals surface area contributed by atoms with Gasteiger partial charge >= 0.3 is 0 Å². The SMILES string of the molecule is COc1ccc(C(=O)C(NCCc2cc(OC)c(OC)cc2[N+](=O)[O-])c2oc(C)cc(=O)c2O)cc1. The van der Waals surface area contributed by atoms with Crippen LogP contribution < -0.4 is 25.0 Å². The molecule has 1 aromatic heterocycles. The first-order chi connectivity index (χ1) is 17.2. The van der Waals surface area contributed by atoms with Crippen molar-refractivity contribution in [2.45, 2.75) is 19.4 Å². The van der Waals surface area contributed by atoms with Gasteiger partial charge in [-0.1, -0.05) is 0 Å². The number of aryl methyl sites for hydroxylation is 1. The fourth-order valence-electron chi connectivity index (χ4n) is 3.68. The van der Waals surface area contributed by atoms with Crippen LogP contribution in [0.4, 0.5) is 5.69 Å². The van der Waals surface area contributed by atoms with Crippen molar-refractivity contribution in [1.82, 2.24) is 5.32 Å². The molecular formula is C25H26N2O9. The van der Waals surface area contributed by atoms with Crippen LogP contribution in [-0.2, 0) is 6.42 Å². The van der Waals surface area contributed by atoms with Crippen LogP contribution >= 0.6 is 0 Å². The summed E-state index contributed by atoms with van der Waals surface area (Å²) < 4.78 is 21.1. The zero-order valence-electron chi connectivity index (χ0n) is 20.2. The van der Waals surface area contributed by atoms with E-state index in [-0.39, 0.29) is 41.5 Å². The number of rotatable bonds is 11. The van der Waals surface area contributed by atoms with Crippen molar-refractivity contribution >= 4 is 11.5 Å². The van der Waals surface area contributed by atoms with Crippen LogP contribution in [0.3, 0.4) is 0 Å². The summed E-state index contributed by atoms with van der Waals surface area (Å²) in [7, 11) is 4.28. The first kappa shape index (κ1) is 26.2. The second kappa shape index (κ2) is 11.4. The second-order valence-corrected chi connectivity index (χ2v) is 7.76. The standard InChI is InChI=1S/C25H26N2O9/c1-14-11-19(28)24(30)25(36-14)22(23(29)15-5-7-17(33-2)8-6-15)26-10-9-16-12-20(34-3)21(35-4)13-18(16)27(31)32/h5-8,11-13,22,26,30H,9-10H2,1-4H3. The van der Waals surface area contributed by atoms with Crippen molar-refractivity contribution in [3.8, 4) is 23.0 Å². The molecule has 11 nitrogen and oxygen atoms in total. The third kappa shape index (κ3) is 5.63. The van der Waals surface area contributed by atoms with Gasteiger partial charge in [-0.05, 0) is 43.7 Å². The number of carbonyl (C=O) groups excluding carboxylic acids is 1. The number of nitro groups is 1. The number of benzene rings is 2. The third-order valence-electron chi connectivity index (χ3n) is 5.50. The van der Waals surface area contributed by atoms with E-state index < -0.39 is 27.9 Å². The molecule has 1 atom stereocenters. The largest absolute Gasteiger partial charge is 0.502 e. The third-order valence-corrected chi connectivity index (χ3v) is 5.50. The molecule has 0 aliphatic rings. The molecule has 1 unspecified atom stereocenters. The number of hydrogen-bond donors (Lipinski definition) is 2. The lowest BCUT2D eigenvalue weighted by atomic mass is 10.00. The van der Waals surface area contributed by atoms with Crippen LogP contribution in [0.5, 0.6) is 23.0 Å². The molecule has 2 aromatic carbocycles. The summed E-state index contributed by atoms with van der Waals surface area (Å²) in [5.74, 6) is -0.158. The number of nitrogens with one attached hydrogen (secondary N) is 1. The summed E-state index contributed by atoms with van der Waals surface area (Å²) in [5.41, 5.74) is -0.277. The molecule has 0 saturated carbocycles. The highest BCUT2D eigenvalue weighted by Gasteiger charge is 2.29. The number of hydrogen-bond acceptors (Lipinski definition) is 10. The average Bonchev–Trinajstić information content (AvgIpc) is 2.88. The maximum atomic E-state index is 13.4. The van der Waals surface area contributed by atoms with E-state index in [1.807, 2.05) is 0 Å². The number of methoxy groups -OCH3 is 3. The molecule has 190 valence electrons. The second-order valence-electron chi connectivity index (χ2n) is 7.76. The van der Waals surface area contributed by atoms with Gasteiger partial charge in [0.25, 0.3) is 5.69 Å². The van der Waals surface area contributed by atoms with Crippen LogP contribution in [-0.4, -0.2) is 43.7 Å². The molecule has 11 heteroatoms. The summed E-state index contributed by atoms with van der Waals surface area (Å²) in [5, 5.41) is 25.0. The Labute approximate surface area is 206 Å². The molecule has 36 heavy (non-hydrogen) atoms. The maximum Gasteiger partial charge on any atom is 0.276 e. The van der Waals surface area contributed by atoms with Crippen molar-refractivity contribution in [2.24, 2.45) is 0 Å². The van der Waals surface area contributed by atoms with Gasteiger partial charge in [0.2, 0.25) is 11.2 Å². The number of ether oxygens (including phenoxy) is 3. The van der Waals surface area contributed by atoms with Crippen molar-refractivity contribution < 1.29 is 33.5 Å². The van der Waals surface area contributed by atoms with E-state index >= 15 is 0 Å². The molecule has 0 aliphatic carbocycles. The van der Waals surface area contributed by atoms with E-state index in [9.17, 15) is 24.8 Å². The van der Waals surface area contributed by atoms with Crippen LogP contribution in [0.25, 0.3) is 0 Å². The Kier molecular flexibility index (Phi) is 8.28. The van der Waals surface area contributed by atoms with Crippen LogP contribution in [0.2, 0.25) is 0 Å². The van der Waals surface area contributed by atoms with Gasteiger partial charge in [0.15, 0.2) is 23.0 Å². The molecule has 0 radical (unpaired) electrons. The number of Topliss-reactive ketones (excluding diaryl/α,β-unsaturated/α-hetero) is 1. The molecule has 3 aromatic rings. The van der Waals surface area contributed by atoms with Crippen LogP contribution in [0.15, 0.2) is 51.7 Å². The summed E-state index contributed by atoms with van der Waals surface area (Å²) in [6.07, 6.45) is 0.111. The minimum absolute atomic E-state index is 0.0555. The van der Waals surface area contributed by atoms with E-state index in [2.05, 4.69) is 5.32 Å². The van der Waals surface area contributed by atoms with Crippen molar-refractivity contribution in [3.05, 3.63) is 85.4 Å². The molecule has 0 fully saturated rings. The molecular weight excluding hydrogens is 472 g/mol. The van der Waals surface area contributed by atoms with Gasteiger partial charge in [0.05, 0.1) is 32.3 Å². The van der Waals surface area contributed by atoms with Gasteiger partial charge in [-0.2, -0.15) is 0 Å². The highest BCUT2D eigenvalue weighted by molar-refractivity contribution is 6.00. The fourth-order valence-corrected chi connectivity index (χ4v) is 3.68. The van der Waals surface area contributed by atoms with Gasteiger partial charge < -0.3 is 29.1 Å². The Hall–Kier alpha value is -4.38. The van der Waals surface area contributed by atoms with E-state index in [4.69, 9.17) is 18.6 Å². The minimum atomic E-state index is -1.25. The van der Waals surface area contributed by atoms with Crippen molar-refractivity contribution in [2.75, 3.05) is 27.9 Å². The lowest BCUT2D eigenvalue weighted by molar-refractivity contribution is -0.385. The Morgan fingerprint density at radius 3 is 2.31 bits per heavy atom. The first-order valence-electron chi connectivity index (χ1n) is 10.8. The molecule has 0 saturated heterocycles. The Balaban J connectivity index is 1.95. The molecule has 0 aliphatic heterocycles. The summed E-state index contributed by atoms with van der Waals surface area (Å²) in [6.45, 7) is 1.58. The van der Waals surface area contributed by atoms with E-state index in [0.717, 1.165) is 6.07 Å². The fraction of sp³-hybridized carbons (Fsp3) is 0.280. The van der Waals surface area contributed by atoms with Gasteiger partial charge in [0.1, 0.15) is 17.6 Å². The maximum absolute atomic E-state index is 13.4. The lowest BCUT2D eigenvalue weighted by Crippen LogP contribution is -2.31. The average molecular weight is 498 g/mol. The highest BCUT2D eigenvalue weighted by atomic mass is 16.6. The predicted molar refractivity (Wildman–Crippen MR) is 129 cm³/mol. The number of ketones is 1. The van der Waals surface area contributed by atoms with E-state index in [1.54, 1.807) is 24.3 Å². The number of aromatic hydroxyl groups is 1. The molecule has 2 N–H and O–H groups in total. The number of nitrogens with zero attached hydrogens (tertiary/aromatic N) is 1. The number of carbonyl (C=O) groups is 1. The molecule has 0 bridgehead atoms. The predicted octanol–water partition coefficient (Wildman–Crippen LogP) is 3.34. The van der Waals surface area contributed by atoms with E-state index in [0.29, 0.717) is 17.1 Å². The van der Waals surface area contributed by atoms with Crippen molar-refractivity contribution in [3.63, 3.8) is 0 Å². The van der Waals surface area contributed by atoms with Gasteiger partial charge in [-0.25, -0.2) is 0 Å². The van der Waals surface area contributed by atoms with Crippen LogP contribution in [0, 0.1) is 17.0 Å². The quantitative estimate of drug-likeness (QED) is 0.229. The molecule has 3 rings (SSSR count). The van der Waals surface area contributed by atoms with Crippen molar-refractivity contribution in [1.29, 1.82) is 0 Å². The lowest BCUT2D eigenvalue weighted by Gasteiger charge is -2.19. The summed E-state index contributed by atoms with van der Waals surface area (Å²) in [6, 6.07) is 8.90. The monoisotopic (exact) mass is 498 g/mol. The topological polar surface area (TPSA) is 150 Å².